The van der Waals surface area contributed by atoms with E-state index in [1.54, 1.807) is 28.8 Å². The summed E-state index contributed by atoms with van der Waals surface area (Å²) in [4.78, 5) is 25.1. The molecule has 1 aromatic heterocycles. The van der Waals surface area contributed by atoms with E-state index >= 15 is 4.39 Å². The summed E-state index contributed by atoms with van der Waals surface area (Å²) in [6, 6.07) is 8.94. The van der Waals surface area contributed by atoms with Crippen LogP contribution in [0.4, 0.5) is 10.1 Å². The molecule has 0 N–H and O–H groups in total. The largest absolute Gasteiger partial charge is 0.461 e. The van der Waals surface area contributed by atoms with Gasteiger partial charge in [-0.1, -0.05) is 34.1 Å². The third kappa shape index (κ3) is 3.08. The Bertz CT molecular complexity index is 911. The average Bonchev–Trinajstić information content (AvgIpc) is 3.05. The van der Waals surface area contributed by atoms with Crippen molar-refractivity contribution < 1.29 is 18.7 Å². The molecule has 0 saturated heterocycles. The molecule has 0 bridgehead atoms. The number of ether oxygens (including phenoxy) is 1. The minimum absolute atomic E-state index is 0.0312. The summed E-state index contributed by atoms with van der Waals surface area (Å²) in [7, 11) is 0. The second kappa shape index (κ2) is 7.11. The number of anilines is 1. The van der Waals surface area contributed by atoms with E-state index < -0.39 is 17.2 Å². The van der Waals surface area contributed by atoms with Crippen LogP contribution in [0.15, 0.2) is 30.3 Å². The van der Waals surface area contributed by atoms with E-state index in [4.69, 9.17) is 4.74 Å². The maximum Gasteiger partial charge on any atom is 0.302 e. The van der Waals surface area contributed by atoms with Gasteiger partial charge >= 0.3 is 5.97 Å². The summed E-state index contributed by atoms with van der Waals surface area (Å²) < 4.78 is 22.0. The lowest BCUT2D eigenvalue weighted by atomic mass is 9.98. The van der Waals surface area contributed by atoms with Gasteiger partial charge in [0, 0.05) is 18.2 Å². The van der Waals surface area contributed by atoms with Crippen LogP contribution >= 0.6 is 15.9 Å². The fraction of sp³-hybridized carbons (Fsp3) is 0.400. The number of aryl methyl sites for hydroxylation is 1. The molecule has 1 amide bonds. The molecule has 27 heavy (non-hydrogen) atoms. The molecule has 0 saturated carbocycles. The summed E-state index contributed by atoms with van der Waals surface area (Å²) in [5, 5.41) is 0. The highest BCUT2D eigenvalue weighted by molar-refractivity contribution is 9.09. The van der Waals surface area contributed by atoms with Crippen LogP contribution in [-0.4, -0.2) is 21.4 Å². The van der Waals surface area contributed by atoms with Gasteiger partial charge in [0.1, 0.15) is 17.3 Å². The standard InChI is InChI=1S/C20H20BrFN2O3/c1-12(25)27-11-14-7-3-5-9-16(14)24-18(21)19(22)23-15-8-4-2-6-13(15)10-17(23)20(24)26/h3,5,7,9-10,18-19H,2,4,6,8,11H2,1H3. The van der Waals surface area contributed by atoms with Gasteiger partial charge in [-0.3, -0.25) is 14.5 Å². The van der Waals surface area contributed by atoms with E-state index in [0.29, 0.717) is 16.9 Å². The molecule has 0 spiro atoms. The zero-order valence-electron chi connectivity index (χ0n) is 15.0. The lowest BCUT2D eigenvalue weighted by Gasteiger charge is -2.37. The number of esters is 1. The van der Waals surface area contributed by atoms with E-state index in [0.717, 1.165) is 36.9 Å². The molecule has 5 nitrogen and oxygen atoms in total. The van der Waals surface area contributed by atoms with Crippen molar-refractivity contribution >= 4 is 33.5 Å². The first kappa shape index (κ1) is 18.2. The summed E-state index contributed by atoms with van der Waals surface area (Å²) in [6.45, 7) is 1.36. The van der Waals surface area contributed by atoms with Gasteiger partial charge in [0.05, 0.1) is 5.69 Å². The number of carbonyl (C=O) groups is 2. The number of carbonyl (C=O) groups excluding carboxylic acids is 2. The Morgan fingerprint density at radius 2 is 2.04 bits per heavy atom. The second-order valence-electron chi connectivity index (χ2n) is 6.91. The molecule has 2 aliphatic rings. The van der Waals surface area contributed by atoms with Crippen LogP contribution in [0, 0.1) is 0 Å². The number of amides is 1. The molecule has 2 aromatic rings. The third-order valence-electron chi connectivity index (χ3n) is 5.18. The first-order chi connectivity index (χ1) is 13.0. The van der Waals surface area contributed by atoms with Crippen molar-refractivity contribution in [2.45, 2.75) is 50.5 Å². The van der Waals surface area contributed by atoms with Crippen LogP contribution in [0.2, 0.25) is 0 Å². The molecule has 7 heteroatoms. The molecule has 1 aromatic carbocycles. The molecule has 0 radical (unpaired) electrons. The van der Waals surface area contributed by atoms with Crippen LogP contribution < -0.4 is 4.90 Å². The Balaban J connectivity index is 1.76. The fourth-order valence-corrected chi connectivity index (χ4v) is 4.58. The monoisotopic (exact) mass is 434 g/mol. The smallest absolute Gasteiger partial charge is 0.302 e. The van der Waals surface area contributed by atoms with Crippen molar-refractivity contribution in [3.05, 3.63) is 52.8 Å². The summed E-state index contributed by atoms with van der Waals surface area (Å²) in [5.74, 6) is -0.662. The maximum absolute atomic E-state index is 15.4. The van der Waals surface area contributed by atoms with Crippen LogP contribution in [0.25, 0.3) is 0 Å². The number of aromatic nitrogens is 1. The van der Waals surface area contributed by atoms with Crippen LogP contribution in [0.5, 0.6) is 0 Å². The van der Waals surface area contributed by atoms with Crippen LogP contribution in [0.3, 0.4) is 0 Å². The van der Waals surface area contributed by atoms with Gasteiger partial charge < -0.3 is 9.30 Å². The highest BCUT2D eigenvalue weighted by Gasteiger charge is 2.42. The van der Waals surface area contributed by atoms with Gasteiger partial charge in [-0.2, -0.15) is 0 Å². The number of alkyl halides is 2. The van der Waals surface area contributed by atoms with Crippen molar-refractivity contribution in [1.82, 2.24) is 4.57 Å². The van der Waals surface area contributed by atoms with E-state index in [-0.39, 0.29) is 12.5 Å². The Morgan fingerprint density at radius 3 is 2.81 bits per heavy atom. The molecule has 1 aliphatic heterocycles. The minimum atomic E-state index is -1.39. The van der Waals surface area contributed by atoms with Crippen molar-refractivity contribution in [3.63, 3.8) is 0 Å². The molecule has 142 valence electrons. The Hall–Kier alpha value is -2.15. The van der Waals surface area contributed by atoms with Gasteiger partial charge in [0.15, 0.2) is 0 Å². The number of halogens is 2. The second-order valence-corrected chi connectivity index (χ2v) is 7.85. The Kier molecular flexibility index (Phi) is 4.80. The van der Waals surface area contributed by atoms with Crippen molar-refractivity contribution in [3.8, 4) is 0 Å². The zero-order valence-corrected chi connectivity index (χ0v) is 16.5. The molecular formula is C20H20BrFN2O3. The quantitative estimate of drug-likeness (QED) is 0.411. The first-order valence-corrected chi connectivity index (χ1v) is 9.96. The molecule has 0 fully saturated rings. The number of benzene rings is 1. The van der Waals surface area contributed by atoms with E-state index in [2.05, 4.69) is 15.9 Å². The highest BCUT2D eigenvalue weighted by atomic mass is 79.9. The van der Waals surface area contributed by atoms with Gasteiger partial charge in [-0.25, -0.2) is 4.39 Å². The lowest BCUT2D eigenvalue weighted by molar-refractivity contribution is -0.142. The first-order valence-electron chi connectivity index (χ1n) is 9.05. The SMILES string of the molecule is CC(=O)OCc1ccccc1N1C(=O)c2cc3c(n2C(F)C1Br)CCCC3. The van der Waals surface area contributed by atoms with Gasteiger partial charge in [-0.15, -0.1) is 0 Å². The molecular weight excluding hydrogens is 415 g/mol. The predicted octanol–water partition coefficient (Wildman–Crippen LogP) is 4.28. The van der Waals surface area contributed by atoms with Crippen molar-refractivity contribution in [2.75, 3.05) is 4.90 Å². The third-order valence-corrected chi connectivity index (χ3v) is 6.03. The molecule has 2 unspecified atom stereocenters. The number of rotatable bonds is 3. The van der Waals surface area contributed by atoms with Crippen LogP contribution in [-0.2, 0) is 29.0 Å². The Labute approximate surface area is 165 Å². The van der Waals surface area contributed by atoms with Crippen molar-refractivity contribution in [1.29, 1.82) is 0 Å². The van der Waals surface area contributed by atoms with E-state index in [9.17, 15) is 9.59 Å². The fourth-order valence-electron chi connectivity index (χ4n) is 3.94. The molecule has 2 heterocycles. The summed E-state index contributed by atoms with van der Waals surface area (Å²) in [6.07, 6.45) is 2.37. The number of fused-ring (bicyclic) bond motifs is 3. The zero-order chi connectivity index (χ0) is 19.1. The summed E-state index contributed by atoms with van der Waals surface area (Å²) in [5.41, 5.74) is 3.59. The minimum Gasteiger partial charge on any atom is -0.461 e. The average molecular weight is 435 g/mol. The molecule has 4 rings (SSSR count). The van der Waals surface area contributed by atoms with Crippen molar-refractivity contribution in [2.24, 2.45) is 0 Å². The normalized spacial score (nSPS) is 21.6. The number of hydrogen-bond acceptors (Lipinski definition) is 3. The van der Waals surface area contributed by atoms with E-state index in [1.165, 1.54) is 11.8 Å². The topological polar surface area (TPSA) is 51.5 Å². The number of para-hydroxylation sites is 1. The number of hydrogen-bond donors (Lipinski definition) is 0. The van der Waals surface area contributed by atoms with E-state index in [1.807, 2.05) is 6.07 Å². The van der Waals surface area contributed by atoms with Gasteiger partial charge in [0.2, 0.25) is 6.30 Å². The predicted molar refractivity (Wildman–Crippen MR) is 103 cm³/mol. The molecule has 2 atom stereocenters. The maximum atomic E-state index is 15.4. The van der Waals surface area contributed by atoms with Gasteiger partial charge in [0.25, 0.3) is 5.91 Å². The molecule has 1 aliphatic carbocycles. The Morgan fingerprint density at radius 1 is 1.30 bits per heavy atom. The number of nitrogens with zero attached hydrogens (tertiary/aromatic N) is 2. The van der Waals surface area contributed by atoms with Gasteiger partial charge in [-0.05, 0) is 43.4 Å². The highest BCUT2D eigenvalue weighted by Crippen LogP contribution is 2.41. The summed E-state index contributed by atoms with van der Waals surface area (Å²) >= 11 is 3.40. The lowest BCUT2D eigenvalue weighted by Crippen LogP contribution is -2.47. The van der Waals surface area contributed by atoms with Crippen LogP contribution in [0.1, 0.15) is 53.4 Å².